The number of amides is 1. The third kappa shape index (κ3) is 5.52. The lowest BCUT2D eigenvalue weighted by atomic mass is 9.96. The number of thiophene rings is 1. The van der Waals surface area contributed by atoms with E-state index >= 15 is 0 Å². The molecule has 1 saturated heterocycles. The van der Waals surface area contributed by atoms with Gasteiger partial charge in [0, 0.05) is 36.9 Å². The molecule has 0 aliphatic carbocycles. The van der Waals surface area contributed by atoms with E-state index in [4.69, 9.17) is 4.52 Å². The van der Waals surface area contributed by atoms with Crippen LogP contribution >= 0.6 is 23.7 Å². The normalized spacial score (nSPS) is 15.2. The van der Waals surface area contributed by atoms with E-state index < -0.39 is 0 Å². The minimum Gasteiger partial charge on any atom is -0.343 e. The number of aromatic nitrogens is 2. The molecule has 8 heteroatoms. The highest BCUT2D eigenvalue weighted by Gasteiger charge is 2.22. The number of hydrogen-bond donors (Lipinski definition) is 1. The summed E-state index contributed by atoms with van der Waals surface area (Å²) in [4.78, 5) is 18.7. The predicted molar refractivity (Wildman–Crippen MR) is 101 cm³/mol. The Hall–Kier alpha value is -1.44. The number of nitrogens with zero attached hydrogens (tertiary/aromatic N) is 3. The molecule has 138 valence electrons. The molecular weight excluding hydrogens is 360 g/mol. The molecule has 0 radical (unpaired) electrons. The Kier molecular flexibility index (Phi) is 7.87. The summed E-state index contributed by atoms with van der Waals surface area (Å²) in [6.07, 6.45) is 3.11. The van der Waals surface area contributed by atoms with E-state index in [0.717, 1.165) is 44.6 Å². The molecule has 1 N–H and O–H groups in total. The number of nitrogens with one attached hydrogen (secondary N) is 1. The number of carbonyl (C=O) groups excluding carboxylic acids is 1. The molecule has 1 aliphatic heterocycles. The van der Waals surface area contributed by atoms with Gasteiger partial charge < -0.3 is 14.7 Å². The third-order valence-corrected chi connectivity index (χ3v) is 5.13. The van der Waals surface area contributed by atoms with Gasteiger partial charge in [-0.15, -0.1) is 12.4 Å². The minimum absolute atomic E-state index is 0. The monoisotopic (exact) mass is 384 g/mol. The van der Waals surface area contributed by atoms with Gasteiger partial charge in [-0.3, -0.25) is 4.79 Å². The number of rotatable bonds is 7. The number of hydrogen-bond acceptors (Lipinski definition) is 6. The molecule has 6 nitrogen and oxygen atoms in total. The van der Waals surface area contributed by atoms with Crippen molar-refractivity contribution in [2.45, 2.75) is 32.6 Å². The van der Waals surface area contributed by atoms with Gasteiger partial charge in [-0.05, 0) is 43.3 Å². The topological polar surface area (TPSA) is 71.3 Å². The van der Waals surface area contributed by atoms with E-state index in [-0.39, 0.29) is 18.3 Å². The van der Waals surface area contributed by atoms with Crippen molar-refractivity contribution in [3.63, 3.8) is 0 Å². The first-order chi connectivity index (χ1) is 11.8. The quantitative estimate of drug-likeness (QED) is 0.794. The van der Waals surface area contributed by atoms with Gasteiger partial charge in [-0.2, -0.15) is 16.3 Å². The number of halogens is 1. The summed E-state index contributed by atoms with van der Waals surface area (Å²) in [5, 5.41) is 11.3. The molecule has 0 atom stereocenters. The van der Waals surface area contributed by atoms with E-state index in [0.29, 0.717) is 30.5 Å². The molecule has 25 heavy (non-hydrogen) atoms. The lowest BCUT2D eigenvalue weighted by Crippen LogP contribution is -2.40. The Balaban J connectivity index is 0.00000225. The van der Waals surface area contributed by atoms with Gasteiger partial charge in [0.15, 0.2) is 0 Å². The van der Waals surface area contributed by atoms with Crippen LogP contribution in [0.1, 0.15) is 32.1 Å². The van der Waals surface area contributed by atoms with E-state index in [1.54, 1.807) is 11.3 Å². The molecule has 3 rings (SSSR count). The first-order valence-corrected chi connectivity index (χ1v) is 9.54. The first kappa shape index (κ1) is 19.9. The van der Waals surface area contributed by atoms with Crippen molar-refractivity contribution >= 4 is 29.7 Å². The Morgan fingerprint density at radius 3 is 2.92 bits per heavy atom. The molecule has 0 aromatic carbocycles. The fraction of sp³-hybridized carbons (Fsp3) is 0.588. The van der Waals surface area contributed by atoms with Crippen LogP contribution in [0.15, 0.2) is 21.3 Å². The second kappa shape index (κ2) is 9.89. The Morgan fingerprint density at radius 1 is 1.44 bits per heavy atom. The van der Waals surface area contributed by atoms with Gasteiger partial charge in [0.05, 0.1) is 0 Å². The molecule has 3 heterocycles. The van der Waals surface area contributed by atoms with E-state index in [2.05, 4.69) is 22.4 Å². The average Bonchev–Trinajstić information content (AvgIpc) is 3.29. The smallest absolute Gasteiger partial charge is 0.227 e. The highest BCUT2D eigenvalue weighted by atomic mass is 35.5. The second-order valence-corrected chi connectivity index (χ2v) is 6.94. The molecule has 0 saturated carbocycles. The van der Waals surface area contributed by atoms with Gasteiger partial charge >= 0.3 is 0 Å². The van der Waals surface area contributed by atoms with Crippen LogP contribution in [0.25, 0.3) is 11.4 Å². The number of aryl methyl sites for hydroxylation is 1. The summed E-state index contributed by atoms with van der Waals surface area (Å²) in [5.41, 5.74) is 0.962. The number of likely N-dealkylation sites (tertiary alicyclic amines) is 1. The van der Waals surface area contributed by atoms with Gasteiger partial charge in [0.1, 0.15) is 0 Å². The first-order valence-electron chi connectivity index (χ1n) is 8.60. The number of carbonyl (C=O) groups is 1. The zero-order chi connectivity index (χ0) is 16.8. The van der Waals surface area contributed by atoms with Crippen LogP contribution in [0, 0.1) is 5.92 Å². The summed E-state index contributed by atoms with van der Waals surface area (Å²) < 4.78 is 5.25. The lowest BCUT2D eigenvalue weighted by Gasteiger charge is -2.32. The highest BCUT2D eigenvalue weighted by molar-refractivity contribution is 7.08. The van der Waals surface area contributed by atoms with Crippen molar-refractivity contribution in [2.24, 2.45) is 5.92 Å². The standard InChI is InChI=1S/C17H24N4O2S.ClH/c1-2-18-11-13-5-8-21(9-6-13)16(22)4-3-15-19-17(20-23-15)14-7-10-24-12-14;/h7,10,12-13,18H,2-6,8-9,11H2,1H3;1H. The summed E-state index contributed by atoms with van der Waals surface area (Å²) in [6, 6.07) is 1.96. The third-order valence-electron chi connectivity index (χ3n) is 4.45. The second-order valence-electron chi connectivity index (χ2n) is 6.16. The summed E-state index contributed by atoms with van der Waals surface area (Å²) in [5.74, 6) is 2.01. The van der Waals surface area contributed by atoms with Crippen LogP contribution in [0.2, 0.25) is 0 Å². The van der Waals surface area contributed by atoms with E-state index in [1.807, 2.05) is 21.7 Å². The fourth-order valence-corrected chi connectivity index (χ4v) is 3.61. The maximum Gasteiger partial charge on any atom is 0.227 e. The predicted octanol–water partition coefficient (Wildman–Crippen LogP) is 3.00. The van der Waals surface area contributed by atoms with Crippen LogP contribution in [0.4, 0.5) is 0 Å². The SMILES string of the molecule is CCNCC1CCN(C(=O)CCc2nc(-c3ccsc3)no2)CC1.Cl. The van der Waals surface area contributed by atoms with Crippen LogP contribution < -0.4 is 5.32 Å². The fourth-order valence-electron chi connectivity index (χ4n) is 2.97. The Bertz CT molecular complexity index is 639. The molecule has 1 aliphatic rings. The number of piperidine rings is 1. The zero-order valence-electron chi connectivity index (χ0n) is 14.4. The van der Waals surface area contributed by atoms with Crippen molar-refractivity contribution in [1.82, 2.24) is 20.4 Å². The van der Waals surface area contributed by atoms with Crippen LogP contribution in [-0.2, 0) is 11.2 Å². The molecule has 0 unspecified atom stereocenters. The van der Waals surface area contributed by atoms with E-state index in [9.17, 15) is 4.79 Å². The van der Waals surface area contributed by atoms with Crippen molar-refractivity contribution in [2.75, 3.05) is 26.2 Å². The van der Waals surface area contributed by atoms with Crippen molar-refractivity contribution in [3.05, 3.63) is 22.7 Å². The molecule has 1 amide bonds. The van der Waals surface area contributed by atoms with Gasteiger partial charge in [0.25, 0.3) is 0 Å². The van der Waals surface area contributed by atoms with Gasteiger partial charge in [-0.1, -0.05) is 12.1 Å². The van der Waals surface area contributed by atoms with E-state index in [1.165, 1.54) is 0 Å². The largest absolute Gasteiger partial charge is 0.343 e. The maximum absolute atomic E-state index is 12.3. The summed E-state index contributed by atoms with van der Waals surface area (Å²) in [7, 11) is 0. The molecule has 0 bridgehead atoms. The Morgan fingerprint density at radius 2 is 2.24 bits per heavy atom. The molecule has 2 aromatic heterocycles. The molecule has 2 aromatic rings. The lowest BCUT2D eigenvalue weighted by molar-refractivity contribution is -0.132. The molecular formula is C17H25ClN4O2S. The van der Waals surface area contributed by atoms with Crippen LogP contribution in [0.3, 0.4) is 0 Å². The molecule has 1 fully saturated rings. The minimum atomic E-state index is 0. The highest BCUT2D eigenvalue weighted by Crippen LogP contribution is 2.20. The average molecular weight is 385 g/mol. The zero-order valence-corrected chi connectivity index (χ0v) is 16.1. The van der Waals surface area contributed by atoms with Crippen LogP contribution in [0.5, 0.6) is 0 Å². The van der Waals surface area contributed by atoms with Gasteiger partial charge in [-0.25, -0.2) is 0 Å². The van der Waals surface area contributed by atoms with Crippen molar-refractivity contribution < 1.29 is 9.32 Å². The summed E-state index contributed by atoms with van der Waals surface area (Å²) in [6.45, 7) is 5.92. The Labute approximate surface area is 158 Å². The maximum atomic E-state index is 12.3. The van der Waals surface area contributed by atoms with Crippen molar-refractivity contribution in [3.8, 4) is 11.4 Å². The summed E-state index contributed by atoms with van der Waals surface area (Å²) >= 11 is 1.60. The van der Waals surface area contributed by atoms with Crippen molar-refractivity contribution in [1.29, 1.82) is 0 Å². The van der Waals surface area contributed by atoms with Gasteiger partial charge in [0.2, 0.25) is 17.6 Å². The molecule has 0 spiro atoms. The van der Waals surface area contributed by atoms with Crippen LogP contribution in [-0.4, -0.2) is 47.1 Å².